The van der Waals surface area contributed by atoms with Gasteiger partial charge >= 0.3 is 6.03 Å². The second-order valence-electron chi connectivity index (χ2n) is 7.25. The standard InChI is InChI=1S/C18H24FN3O3/c1-5-17(2,3)11-20-14(23)10-22-15(24)18(4,21-16(22)25)12-6-8-13(19)9-7-12/h6-9H,5,10-11H2,1-4H3,(H,20,23)(H,21,25)/t18-/m0/s1. The monoisotopic (exact) mass is 349 g/mol. The minimum absolute atomic E-state index is 0.0600. The minimum atomic E-state index is -1.31. The van der Waals surface area contributed by atoms with Gasteiger partial charge in [0.2, 0.25) is 5.91 Å². The number of nitrogens with zero attached hydrogens (tertiary/aromatic N) is 1. The molecule has 1 aromatic carbocycles. The molecule has 0 radical (unpaired) electrons. The summed E-state index contributed by atoms with van der Waals surface area (Å²) in [6.45, 7) is 7.72. The molecule has 2 rings (SSSR count). The number of halogens is 1. The van der Waals surface area contributed by atoms with Gasteiger partial charge in [0.15, 0.2) is 0 Å². The Bertz CT molecular complexity index is 687. The van der Waals surface area contributed by atoms with Crippen LogP contribution in [0.15, 0.2) is 24.3 Å². The summed E-state index contributed by atoms with van der Waals surface area (Å²) >= 11 is 0. The number of carbonyl (C=O) groups excluding carboxylic acids is 3. The van der Waals surface area contributed by atoms with Crippen LogP contribution in [0.1, 0.15) is 39.7 Å². The molecule has 1 atom stereocenters. The van der Waals surface area contributed by atoms with Crippen LogP contribution in [0.3, 0.4) is 0 Å². The largest absolute Gasteiger partial charge is 0.354 e. The Kier molecular flexibility index (Phi) is 5.15. The van der Waals surface area contributed by atoms with E-state index in [1.165, 1.54) is 24.3 Å². The van der Waals surface area contributed by atoms with E-state index in [1.54, 1.807) is 6.92 Å². The second-order valence-corrected chi connectivity index (χ2v) is 7.25. The van der Waals surface area contributed by atoms with E-state index in [9.17, 15) is 18.8 Å². The van der Waals surface area contributed by atoms with Gasteiger partial charge in [0.25, 0.3) is 5.91 Å². The molecule has 0 spiro atoms. The molecule has 0 aliphatic carbocycles. The highest BCUT2D eigenvalue weighted by Crippen LogP contribution is 2.28. The summed E-state index contributed by atoms with van der Waals surface area (Å²) in [6, 6.07) is 4.70. The zero-order chi connectivity index (χ0) is 18.8. The van der Waals surface area contributed by atoms with Crippen molar-refractivity contribution in [2.45, 2.75) is 39.7 Å². The van der Waals surface area contributed by atoms with Crippen LogP contribution in [0.4, 0.5) is 9.18 Å². The highest BCUT2D eigenvalue weighted by Gasteiger charge is 2.49. The number of nitrogens with one attached hydrogen (secondary N) is 2. The number of benzene rings is 1. The number of carbonyl (C=O) groups is 3. The van der Waals surface area contributed by atoms with Crippen LogP contribution >= 0.6 is 0 Å². The van der Waals surface area contributed by atoms with Crippen molar-refractivity contribution in [2.24, 2.45) is 5.41 Å². The summed E-state index contributed by atoms with van der Waals surface area (Å²) < 4.78 is 13.1. The number of urea groups is 1. The maximum atomic E-state index is 13.1. The van der Waals surface area contributed by atoms with Gasteiger partial charge in [-0.2, -0.15) is 0 Å². The van der Waals surface area contributed by atoms with Gasteiger partial charge in [-0.3, -0.25) is 14.5 Å². The predicted molar refractivity (Wildman–Crippen MR) is 91.1 cm³/mol. The van der Waals surface area contributed by atoms with Crippen LogP contribution in [0.5, 0.6) is 0 Å². The first-order valence-corrected chi connectivity index (χ1v) is 8.26. The first-order chi connectivity index (χ1) is 11.6. The van der Waals surface area contributed by atoms with Crippen LogP contribution in [0.25, 0.3) is 0 Å². The van der Waals surface area contributed by atoms with Crippen molar-refractivity contribution >= 4 is 17.8 Å². The van der Waals surface area contributed by atoms with E-state index in [1.807, 2.05) is 20.8 Å². The summed E-state index contributed by atoms with van der Waals surface area (Å²) in [5.74, 6) is -1.36. The molecule has 1 saturated heterocycles. The van der Waals surface area contributed by atoms with Crippen LogP contribution in [0, 0.1) is 11.2 Å². The number of hydrogen-bond donors (Lipinski definition) is 2. The molecule has 1 aliphatic rings. The summed E-state index contributed by atoms with van der Waals surface area (Å²) in [6.07, 6.45) is 0.888. The lowest BCUT2D eigenvalue weighted by atomic mass is 9.90. The van der Waals surface area contributed by atoms with E-state index in [-0.39, 0.29) is 12.0 Å². The van der Waals surface area contributed by atoms with Crippen LogP contribution in [0.2, 0.25) is 0 Å². The van der Waals surface area contributed by atoms with Crippen molar-refractivity contribution in [3.63, 3.8) is 0 Å². The van der Waals surface area contributed by atoms with Gasteiger partial charge in [-0.15, -0.1) is 0 Å². The lowest BCUT2D eigenvalue weighted by Gasteiger charge is -2.24. The molecular formula is C18H24FN3O3. The molecule has 7 heteroatoms. The first kappa shape index (κ1) is 18.9. The summed E-state index contributed by atoms with van der Waals surface area (Å²) in [5.41, 5.74) is -0.911. The SMILES string of the molecule is CCC(C)(C)CNC(=O)CN1C(=O)N[C@@](C)(c2ccc(F)cc2)C1=O. The molecule has 0 bridgehead atoms. The quantitative estimate of drug-likeness (QED) is 0.773. The number of rotatable bonds is 6. The average Bonchev–Trinajstić information content (AvgIpc) is 2.78. The number of amides is 4. The molecule has 25 heavy (non-hydrogen) atoms. The predicted octanol–water partition coefficient (Wildman–Crippen LogP) is 2.15. The maximum absolute atomic E-state index is 13.1. The molecule has 136 valence electrons. The van der Waals surface area contributed by atoms with Crippen LogP contribution in [-0.2, 0) is 15.1 Å². The molecule has 1 aliphatic heterocycles. The topological polar surface area (TPSA) is 78.5 Å². The van der Waals surface area contributed by atoms with Crippen molar-refractivity contribution < 1.29 is 18.8 Å². The zero-order valence-electron chi connectivity index (χ0n) is 15.0. The number of imide groups is 1. The molecular weight excluding hydrogens is 325 g/mol. The zero-order valence-corrected chi connectivity index (χ0v) is 15.0. The maximum Gasteiger partial charge on any atom is 0.325 e. The molecule has 1 fully saturated rings. The van der Waals surface area contributed by atoms with Crippen molar-refractivity contribution in [1.82, 2.24) is 15.5 Å². The Morgan fingerprint density at radius 2 is 1.88 bits per heavy atom. The lowest BCUT2D eigenvalue weighted by molar-refractivity contribution is -0.134. The van der Waals surface area contributed by atoms with Gasteiger partial charge < -0.3 is 10.6 Å². The summed E-state index contributed by atoms with van der Waals surface area (Å²) in [4.78, 5) is 37.9. The van der Waals surface area contributed by atoms with Gasteiger partial charge in [0, 0.05) is 6.54 Å². The Morgan fingerprint density at radius 1 is 1.28 bits per heavy atom. The van der Waals surface area contributed by atoms with Gasteiger partial charge in [-0.05, 0) is 36.5 Å². The second kappa shape index (κ2) is 6.82. The van der Waals surface area contributed by atoms with Gasteiger partial charge in [-0.25, -0.2) is 9.18 Å². The highest BCUT2D eigenvalue weighted by atomic mass is 19.1. The molecule has 1 heterocycles. The molecule has 0 aromatic heterocycles. The van der Waals surface area contributed by atoms with E-state index in [0.29, 0.717) is 12.1 Å². The van der Waals surface area contributed by atoms with E-state index in [0.717, 1.165) is 11.3 Å². The Hall–Kier alpha value is -2.44. The average molecular weight is 349 g/mol. The van der Waals surface area contributed by atoms with Crippen molar-refractivity contribution in [3.8, 4) is 0 Å². The Morgan fingerprint density at radius 3 is 2.44 bits per heavy atom. The van der Waals surface area contributed by atoms with Gasteiger partial charge in [0.05, 0.1) is 0 Å². The van der Waals surface area contributed by atoms with E-state index >= 15 is 0 Å². The number of hydrogen-bond acceptors (Lipinski definition) is 3. The highest BCUT2D eigenvalue weighted by molar-refractivity contribution is 6.09. The normalized spacial score (nSPS) is 20.6. The Labute approximate surface area is 146 Å². The third kappa shape index (κ3) is 3.97. The van der Waals surface area contributed by atoms with E-state index in [2.05, 4.69) is 10.6 Å². The third-order valence-electron chi connectivity index (χ3n) is 4.72. The molecule has 2 N–H and O–H groups in total. The van der Waals surface area contributed by atoms with Crippen LogP contribution < -0.4 is 10.6 Å². The summed E-state index contributed by atoms with van der Waals surface area (Å²) in [7, 11) is 0. The lowest BCUT2D eigenvalue weighted by Crippen LogP contribution is -2.44. The fourth-order valence-corrected chi connectivity index (χ4v) is 2.48. The minimum Gasteiger partial charge on any atom is -0.354 e. The third-order valence-corrected chi connectivity index (χ3v) is 4.72. The molecule has 1 aromatic rings. The van der Waals surface area contributed by atoms with Gasteiger partial charge in [0.1, 0.15) is 17.9 Å². The molecule has 6 nitrogen and oxygen atoms in total. The molecule has 0 unspecified atom stereocenters. The van der Waals surface area contributed by atoms with Crippen molar-refractivity contribution in [3.05, 3.63) is 35.6 Å². The van der Waals surface area contributed by atoms with Gasteiger partial charge in [-0.1, -0.05) is 32.9 Å². The molecule has 0 saturated carbocycles. The first-order valence-electron chi connectivity index (χ1n) is 8.26. The van der Waals surface area contributed by atoms with E-state index in [4.69, 9.17) is 0 Å². The fourth-order valence-electron chi connectivity index (χ4n) is 2.48. The van der Waals surface area contributed by atoms with Crippen molar-refractivity contribution in [1.29, 1.82) is 0 Å². The van der Waals surface area contributed by atoms with Crippen molar-refractivity contribution in [2.75, 3.05) is 13.1 Å². The van der Waals surface area contributed by atoms with E-state index < -0.39 is 29.2 Å². The summed E-state index contributed by atoms with van der Waals surface area (Å²) in [5, 5.41) is 5.34. The fraction of sp³-hybridized carbons (Fsp3) is 0.500. The smallest absolute Gasteiger partial charge is 0.325 e. The van der Waals surface area contributed by atoms with Crippen LogP contribution in [-0.4, -0.2) is 35.8 Å². The Balaban J connectivity index is 2.08. The molecule has 4 amide bonds.